The molecule has 0 aliphatic heterocycles. The lowest BCUT2D eigenvalue weighted by Crippen LogP contribution is -2.30. The number of hydrogen-bond acceptors (Lipinski definition) is 5. The zero-order valence-electron chi connectivity index (χ0n) is 16.2. The van der Waals surface area contributed by atoms with Crippen LogP contribution in [0.5, 0.6) is 11.5 Å². The highest BCUT2D eigenvalue weighted by molar-refractivity contribution is 7.89. The normalized spacial score (nSPS) is 11.6. The van der Waals surface area contributed by atoms with E-state index in [-0.39, 0.29) is 16.6 Å². The third-order valence-corrected chi connectivity index (χ3v) is 5.33. The zero-order valence-corrected chi connectivity index (χ0v) is 17.0. The first-order valence-corrected chi connectivity index (χ1v) is 10.1. The van der Waals surface area contributed by atoms with Gasteiger partial charge in [0, 0.05) is 12.1 Å². The third kappa shape index (κ3) is 5.83. The Labute approximate surface area is 165 Å². The second-order valence-electron chi connectivity index (χ2n) is 6.23. The van der Waals surface area contributed by atoms with Crippen LogP contribution in [-0.4, -0.2) is 34.6 Å². The number of benzene rings is 2. The maximum Gasteiger partial charge on any atom is 0.248 e. The maximum absolute atomic E-state index is 12.4. The van der Waals surface area contributed by atoms with Crippen molar-refractivity contribution >= 4 is 27.7 Å². The SMILES string of the molecule is COc1ccc(/C=C/C(=O)Nc2cc(S(=O)(=O)NC(C)C)ccc2OC)cc1. The monoisotopic (exact) mass is 404 g/mol. The van der Waals surface area contributed by atoms with E-state index < -0.39 is 15.9 Å². The number of rotatable bonds is 8. The Morgan fingerprint density at radius 2 is 1.71 bits per heavy atom. The van der Waals surface area contributed by atoms with Gasteiger partial charge in [-0.1, -0.05) is 12.1 Å². The molecule has 0 aliphatic rings. The molecule has 8 heteroatoms. The average molecular weight is 404 g/mol. The van der Waals surface area contributed by atoms with Crippen molar-refractivity contribution < 1.29 is 22.7 Å². The molecule has 0 heterocycles. The molecule has 2 aromatic rings. The van der Waals surface area contributed by atoms with Crippen molar-refractivity contribution in [3.05, 3.63) is 54.1 Å². The number of carbonyl (C=O) groups is 1. The quantitative estimate of drug-likeness (QED) is 0.660. The van der Waals surface area contributed by atoms with Crippen LogP contribution in [0.2, 0.25) is 0 Å². The summed E-state index contributed by atoms with van der Waals surface area (Å²) in [7, 11) is -0.668. The molecule has 0 unspecified atom stereocenters. The van der Waals surface area contributed by atoms with Gasteiger partial charge in [0.2, 0.25) is 15.9 Å². The highest BCUT2D eigenvalue weighted by Crippen LogP contribution is 2.27. The molecule has 0 bridgehead atoms. The smallest absolute Gasteiger partial charge is 0.248 e. The molecule has 0 aromatic heterocycles. The molecule has 150 valence electrons. The molecule has 0 fully saturated rings. The van der Waals surface area contributed by atoms with E-state index in [0.717, 1.165) is 11.3 Å². The topological polar surface area (TPSA) is 93.7 Å². The number of ether oxygens (including phenoxy) is 2. The van der Waals surface area contributed by atoms with Gasteiger partial charge < -0.3 is 14.8 Å². The van der Waals surface area contributed by atoms with Gasteiger partial charge in [-0.2, -0.15) is 0 Å². The van der Waals surface area contributed by atoms with Crippen molar-refractivity contribution in [3.63, 3.8) is 0 Å². The van der Waals surface area contributed by atoms with Crippen LogP contribution >= 0.6 is 0 Å². The number of hydrogen-bond donors (Lipinski definition) is 2. The lowest BCUT2D eigenvalue weighted by atomic mass is 10.2. The van der Waals surface area contributed by atoms with Gasteiger partial charge in [0.1, 0.15) is 11.5 Å². The van der Waals surface area contributed by atoms with Crippen molar-refractivity contribution in [2.24, 2.45) is 0 Å². The molecule has 0 saturated heterocycles. The zero-order chi connectivity index (χ0) is 20.7. The van der Waals surface area contributed by atoms with Crippen LogP contribution in [0.4, 0.5) is 5.69 Å². The minimum Gasteiger partial charge on any atom is -0.497 e. The van der Waals surface area contributed by atoms with Gasteiger partial charge in [-0.25, -0.2) is 13.1 Å². The summed E-state index contributed by atoms with van der Waals surface area (Å²) in [4.78, 5) is 12.3. The molecule has 0 spiro atoms. The van der Waals surface area contributed by atoms with E-state index in [2.05, 4.69) is 10.0 Å². The maximum atomic E-state index is 12.4. The number of carbonyl (C=O) groups excluding carboxylic acids is 1. The summed E-state index contributed by atoms with van der Waals surface area (Å²) in [6, 6.07) is 11.2. The Morgan fingerprint density at radius 3 is 2.29 bits per heavy atom. The summed E-state index contributed by atoms with van der Waals surface area (Å²) < 4.78 is 37.5. The Balaban J connectivity index is 2.20. The molecule has 1 amide bonds. The number of sulfonamides is 1. The summed E-state index contributed by atoms with van der Waals surface area (Å²) in [5, 5.41) is 2.65. The highest BCUT2D eigenvalue weighted by atomic mass is 32.2. The van der Waals surface area contributed by atoms with Crippen LogP contribution in [0.3, 0.4) is 0 Å². The van der Waals surface area contributed by atoms with Crippen LogP contribution in [0.25, 0.3) is 6.08 Å². The van der Waals surface area contributed by atoms with Crippen molar-refractivity contribution in [3.8, 4) is 11.5 Å². The number of amides is 1. The fourth-order valence-electron chi connectivity index (χ4n) is 2.39. The van der Waals surface area contributed by atoms with Crippen molar-refractivity contribution in [2.75, 3.05) is 19.5 Å². The van der Waals surface area contributed by atoms with Gasteiger partial charge in [-0.05, 0) is 55.8 Å². The Hall–Kier alpha value is -2.84. The fourth-order valence-corrected chi connectivity index (χ4v) is 3.67. The number of anilines is 1. The highest BCUT2D eigenvalue weighted by Gasteiger charge is 2.18. The molecule has 2 N–H and O–H groups in total. The molecule has 0 radical (unpaired) electrons. The van der Waals surface area contributed by atoms with Crippen molar-refractivity contribution in [2.45, 2.75) is 24.8 Å². The summed E-state index contributed by atoms with van der Waals surface area (Å²) in [5.74, 6) is 0.662. The van der Waals surface area contributed by atoms with Gasteiger partial charge in [0.15, 0.2) is 0 Å². The Bertz CT molecular complexity index is 951. The van der Waals surface area contributed by atoms with Gasteiger partial charge in [-0.15, -0.1) is 0 Å². The average Bonchev–Trinajstić information content (AvgIpc) is 2.65. The van der Waals surface area contributed by atoms with E-state index >= 15 is 0 Å². The molecular formula is C20H24N2O5S. The van der Waals surface area contributed by atoms with Crippen LogP contribution in [-0.2, 0) is 14.8 Å². The predicted molar refractivity (Wildman–Crippen MR) is 109 cm³/mol. The van der Waals surface area contributed by atoms with Crippen molar-refractivity contribution in [1.82, 2.24) is 4.72 Å². The first kappa shape index (κ1) is 21.5. The molecule has 0 atom stereocenters. The summed E-state index contributed by atoms with van der Waals surface area (Å²) >= 11 is 0. The lowest BCUT2D eigenvalue weighted by Gasteiger charge is -2.13. The molecule has 2 rings (SSSR count). The van der Waals surface area contributed by atoms with Crippen molar-refractivity contribution in [1.29, 1.82) is 0 Å². The standard InChI is InChI=1S/C20H24N2O5S/c1-14(2)22-28(24,25)17-10-11-19(27-4)18(13-17)21-20(23)12-7-15-5-8-16(26-3)9-6-15/h5-14,22H,1-4H3,(H,21,23)/b12-7+. The van der Waals surface area contributed by atoms with Crippen LogP contribution < -0.4 is 19.5 Å². The summed E-state index contributed by atoms with van der Waals surface area (Å²) in [6.07, 6.45) is 3.00. The summed E-state index contributed by atoms with van der Waals surface area (Å²) in [6.45, 7) is 3.46. The minimum absolute atomic E-state index is 0.0384. The third-order valence-electron chi connectivity index (χ3n) is 3.67. The second-order valence-corrected chi connectivity index (χ2v) is 7.95. The number of nitrogens with one attached hydrogen (secondary N) is 2. The minimum atomic E-state index is -3.69. The molecule has 7 nitrogen and oxygen atoms in total. The number of methoxy groups -OCH3 is 2. The molecule has 0 saturated carbocycles. The van der Waals surface area contributed by atoms with E-state index in [0.29, 0.717) is 5.75 Å². The Kier molecular flexibility index (Phi) is 7.19. The van der Waals surface area contributed by atoms with E-state index in [4.69, 9.17) is 9.47 Å². The van der Waals surface area contributed by atoms with E-state index in [1.54, 1.807) is 39.2 Å². The molecule has 0 aliphatic carbocycles. The summed E-state index contributed by atoms with van der Waals surface area (Å²) in [5.41, 5.74) is 1.08. The predicted octanol–water partition coefficient (Wildman–Crippen LogP) is 3.04. The van der Waals surface area contributed by atoms with Crippen LogP contribution in [0, 0.1) is 0 Å². The van der Waals surface area contributed by atoms with E-state index in [1.165, 1.54) is 31.4 Å². The van der Waals surface area contributed by atoms with Gasteiger partial charge >= 0.3 is 0 Å². The second kappa shape index (κ2) is 9.38. The molecule has 28 heavy (non-hydrogen) atoms. The van der Waals surface area contributed by atoms with Crippen LogP contribution in [0.1, 0.15) is 19.4 Å². The van der Waals surface area contributed by atoms with Crippen LogP contribution in [0.15, 0.2) is 53.4 Å². The lowest BCUT2D eigenvalue weighted by molar-refractivity contribution is -0.111. The molecular weight excluding hydrogens is 380 g/mol. The van der Waals surface area contributed by atoms with Gasteiger partial charge in [-0.3, -0.25) is 4.79 Å². The van der Waals surface area contributed by atoms with Gasteiger partial charge in [0.25, 0.3) is 0 Å². The molecule has 2 aromatic carbocycles. The first-order valence-electron chi connectivity index (χ1n) is 8.58. The van der Waals surface area contributed by atoms with E-state index in [9.17, 15) is 13.2 Å². The van der Waals surface area contributed by atoms with E-state index in [1.807, 2.05) is 12.1 Å². The first-order chi connectivity index (χ1) is 13.2. The largest absolute Gasteiger partial charge is 0.497 e. The Morgan fingerprint density at radius 1 is 1.04 bits per heavy atom. The van der Waals surface area contributed by atoms with Gasteiger partial charge in [0.05, 0.1) is 24.8 Å². The fraction of sp³-hybridized carbons (Fsp3) is 0.250.